The second kappa shape index (κ2) is 7.94. The van der Waals surface area contributed by atoms with Crippen LogP contribution in [-0.2, 0) is 4.79 Å². The van der Waals surface area contributed by atoms with Crippen molar-refractivity contribution in [1.82, 2.24) is 4.90 Å². The van der Waals surface area contributed by atoms with Gasteiger partial charge in [0.2, 0.25) is 0 Å². The molecule has 0 radical (unpaired) electrons. The molecular formula is C16H23N3O4. The average molecular weight is 321 g/mol. The van der Waals surface area contributed by atoms with E-state index in [1.165, 1.54) is 0 Å². The Labute approximate surface area is 135 Å². The Morgan fingerprint density at radius 1 is 1.39 bits per heavy atom. The lowest BCUT2D eigenvalue weighted by molar-refractivity contribution is -0.138. The highest BCUT2D eigenvalue weighted by Gasteiger charge is 2.23. The van der Waals surface area contributed by atoms with Gasteiger partial charge in [-0.1, -0.05) is 29.4 Å². The molecule has 1 heterocycles. The van der Waals surface area contributed by atoms with Crippen LogP contribution in [0.1, 0.15) is 36.5 Å². The average Bonchev–Trinajstić information content (AvgIpc) is 2.54. The van der Waals surface area contributed by atoms with Crippen LogP contribution in [-0.4, -0.2) is 51.8 Å². The number of hydrogen-bond donors (Lipinski definition) is 4. The van der Waals surface area contributed by atoms with E-state index in [9.17, 15) is 9.90 Å². The third-order valence-corrected chi connectivity index (χ3v) is 4.20. The molecule has 0 aromatic heterocycles. The van der Waals surface area contributed by atoms with Crippen molar-refractivity contribution in [2.75, 3.05) is 19.6 Å². The van der Waals surface area contributed by atoms with Crippen LogP contribution in [0.25, 0.3) is 0 Å². The Kier molecular flexibility index (Phi) is 5.95. The molecule has 7 nitrogen and oxygen atoms in total. The zero-order valence-electron chi connectivity index (χ0n) is 12.9. The summed E-state index contributed by atoms with van der Waals surface area (Å²) >= 11 is 0. The zero-order chi connectivity index (χ0) is 16.8. The van der Waals surface area contributed by atoms with E-state index in [4.69, 9.17) is 16.0 Å². The number of aliphatic hydroxyl groups excluding tert-OH is 1. The van der Waals surface area contributed by atoms with Crippen molar-refractivity contribution in [1.29, 1.82) is 0 Å². The number of β-amino-alcohol motifs (C(OH)–C–C–N with tert-alkyl or cyclic N) is 1. The number of carboxylic acids is 1. The van der Waals surface area contributed by atoms with Crippen LogP contribution in [0.15, 0.2) is 29.4 Å². The van der Waals surface area contributed by atoms with Crippen molar-refractivity contribution in [2.45, 2.75) is 25.4 Å². The first-order valence-corrected chi connectivity index (χ1v) is 7.69. The first kappa shape index (κ1) is 17.2. The molecule has 0 aliphatic carbocycles. The SMILES string of the molecule is NC(=NO)c1ccc(C(O)CN2CCCC(CC(=O)O)C2)cc1. The summed E-state index contributed by atoms with van der Waals surface area (Å²) in [5, 5.41) is 30.8. The molecule has 23 heavy (non-hydrogen) atoms. The molecule has 1 fully saturated rings. The number of oxime groups is 1. The van der Waals surface area contributed by atoms with Crippen molar-refractivity contribution in [2.24, 2.45) is 16.8 Å². The number of nitrogens with two attached hydrogens (primary N) is 1. The van der Waals surface area contributed by atoms with E-state index in [0.29, 0.717) is 18.7 Å². The molecule has 1 aliphatic rings. The van der Waals surface area contributed by atoms with E-state index in [-0.39, 0.29) is 18.2 Å². The van der Waals surface area contributed by atoms with Crippen LogP contribution in [0.5, 0.6) is 0 Å². The molecule has 126 valence electrons. The summed E-state index contributed by atoms with van der Waals surface area (Å²) in [6.07, 6.45) is 1.40. The Balaban J connectivity index is 1.93. The monoisotopic (exact) mass is 321 g/mol. The highest BCUT2D eigenvalue weighted by molar-refractivity contribution is 5.96. The van der Waals surface area contributed by atoms with Crippen LogP contribution >= 0.6 is 0 Å². The molecule has 2 unspecified atom stereocenters. The lowest BCUT2D eigenvalue weighted by atomic mass is 9.94. The topological polar surface area (TPSA) is 119 Å². The van der Waals surface area contributed by atoms with Crippen LogP contribution in [0.2, 0.25) is 0 Å². The number of amidine groups is 1. The molecular weight excluding hydrogens is 298 g/mol. The lowest BCUT2D eigenvalue weighted by Crippen LogP contribution is -2.38. The Morgan fingerprint density at radius 3 is 2.70 bits per heavy atom. The summed E-state index contributed by atoms with van der Waals surface area (Å²) in [6.45, 7) is 2.04. The maximum absolute atomic E-state index is 10.8. The van der Waals surface area contributed by atoms with Gasteiger partial charge in [-0.25, -0.2) is 0 Å². The van der Waals surface area contributed by atoms with Gasteiger partial charge in [-0.3, -0.25) is 4.79 Å². The fourth-order valence-corrected chi connectivity index (χ4v) is 3.01. The van der Waals surface area contributed by atoms with Gasteiger partial charge in [0, 0.05) is 25.1 Å². The van der Waals surface area contributed by atoms with Crippen LogP contribution < -0.4 is 5.73 Å². The zero-order valence-corrected chi connectivity index (χ0v) is 12.9. The van der Waals surface area contributed by atoms with Crippen molar-refractivity contribution in [3.05, 3.63) is 35.4 Å². The number of hydrogen-bond acceptors (Lipinski definition) is 5. The number of piperidine rings is 1. The minimum atomic E-state index is -0.767. The minimum Gasteiger partial charge on any atom is -0.481 e. The third kappa shape index (κ3) is 4.94. The van der Waals surface area contributed by atoms with Crippen molar-refractivity contribution in [3.63, 3.8) is 0 Å². The van der Waals surface area contributed by atoms with Crippen molar-refractivity contribution >= 4 is 11.8 Å². The summed E-state index contributed by atoms with van der Waals surface area (Å²) in [6, 6.07) is 6.88. The molecule has 2 rings (SSSR count). The second-order valence-corrected chi connectivity index (χ2v) is 5.99. The molecule has 1 aromatic rings. The number of likely N-dealkylation sites (tertiary alicyclic amines) is 1. The maximum atomic E-state index is 10.8. The van der Waals surface area contributed by atoms with Crippen molar-refractivity contribution in [3.8, 4) is 0 Å². The number of carbonyl (C=O) groups is 1. The Hall–Kier alpha value is -2.12. The number of benzene rings is 1. The van der Waals surface area contributed by atoms with E-state index >= 15 is 0 Å². The molecule has 0 saturated carbocycles. The smallest absolute Gasteiger partial charge is 0.303 e. The van der Waals surface area contributed by atoms with Gasteiger partial charge < -0.3 is 26.1 Å². The van der Waals surface area contributed by atoms with Crippen LogP contribution in [0, 0.1) is 5.92 Å². The first-order valence-electron chi connectivity index (χ1n) is 7.69. The van der Waals surface area contributed by atoms with Crippen LogP contribution in [0.3, 0.4) is 0 Å². The number of nitrogens with zero attached hydrogens (tertiary/aromatic N) is 2. The van der Waals surface area contributed by atoms with Gasteiger partial charge in [0.05, 0.1) is 6.10 Å². The number of aliphatic carboxylic acids is 1. The van der Waals surface area contributed by atoms with Gasteiger partial charge in [0.15, 0.2) is 5.84 Å². The Bertz CT molecular complexity index is 559. The fraction of sp³-hybridized carbons (Fsp3) is 0.500. The summed E-state index contributed by atoms with van der Waals surface area (Å²) < 4.78 is 0. The van der Waals surface area contributed by atoms with Gasteiger partial charge in [-0.2, -0.15) is 0 Å². The number of aliphatic hydroxyl groups is 1. The lowest BCUT2D eigenvalue weighted by Gasteiger charge is -2.33. The largest absolute Gasteiger partial charge is 0.481 e. The van der Waals surface area contributed by atoms with Gasteiger partial charge in [-0.05, 0) is 30.9 Å². The number of rotatable bonds is 6. The van der Waals surface area contributed by atoms with Gasteiger partial charge in [0.25, 0.3) is 0 Å². The normalized spacial score (nSPS) is 21.1. The number of carboxylic acid groups (broad SMARTS) is 1. The minimum absolute atomic E-state index is 0.0265. The molecule has 1 aromatic carbocycles. The maximum Gasteiger partial charge on any atom is 0.303 e. The van der Waals surface area contributed by atoms with Gasteiger partial charge in [0.1, 0.15) is 0 Å². The van der Waals surface area contributed by atoms with Gasteiger partial charge >= 0.3 is 5.97 Å². The first-order chi connectivity index (χ1) is 11.0. The molecule has 1 aliphatic heterocycles. The highest BCUT2D eigenvalue weighted by atomic mass is 16.4. The standard InChI is InChI=1S/C16H23N3O4/c17-16(18-23)13-5-3-12(4-6-13)14(20)10-19-7-1-2-11(9-19)8-15(21)22/h3-6,11,14,20,23H,1-2,7-10H2,(H2,17,18)(H,21,22). The quantitative estimate of drug-likeness (QED) is 0.269. The molecule has 2 atom stereocenters. The third-order valence-electron chi connectivity index (χ3n) is 4.20. The summed E-state index contributed by atoms with van der Waals surface area (Å²) in [5.74, 6) is -0.592. The molecule has 0 spiro atoms. The van der Waals surface area contributed by atoms with Gasteiger partial charge in [-0.15, -0.1) is 0 Å². The van der Waals surface area contributed by atoms with E-state index in [1.54, 1.807) is 24.3 Å². The van der Waals surface area contributed by atoms with Crippen molar-refractivity contribution < 1.29 is 20.2 Å². The summed E-state index contributed by atoms with van der Waals surface area (Å²) in [7, 11) is 0. The summed E-state index contributed by atoms with van der Waals surface area (Å²) in [5.41, 5.74) is 6.84. The molecule has 0 amide bonds. The highest BCUT2D eigenvalue weighted by Crippen LogP contribution is 2.22. The molecule has 5 N–H and O–H groups in total. The predicted octanol–water partition coefficient (Wildman–Crippen LogP) is 1.00. The fourth-order valence-electron chi connectivity index (χ4n) is 3.01. The Morgan fingerprint density at radius 2 is 2.09 bits per heavy atom. The summed E-state index contributed by atoms with van der Waals surface area (Å²) in [4.78, 5) is 12.9. The second-order valence-electron chi connectivity index (χ2n) is 5.99. The van der Waals surface area contributed by atoms with Crippen LogP contribution in [0.4, 0.5) is 0 Å². The van der Waals surface area contributed by atoms with E-state index < -0.39 is 12.1 Å². The van der Waals surface area contributed by atoms with E-state index in [0.717, 1.165) is 24.9 Å². The molecule has 0 bridgehead atoms. The molecule has 7 heteroatoms. The molecule has 1 saturated heterocycles. The van der Waals surface area contributed by atoms with E-state index in [2.05, 4.69) is 10.1 Å². The predicted molar refractivity (Wildman–Crippen MR) is 85.3 cm³/mol. The van der Waals surface area contributed by atoms with E-state index in [1.807, 2.05) is 0 Å².